The summed E-state index contributed by atoms with van der Waals surface area (Å²) in [5.41, 5.74) is 2.74. The molecular weight excluding hydrogens is 432 g/mol. The first kappa shape index (κ1) is 22.9. The minimum atomic E-state index is -0.422. The van der Waals surface area contributed by atoms with Gasteiger partial charge in [0.2, 0.25) is 11.8 Å². The van der Waals surface area contributed by atoms with Gasteiger partial charge in [-0.1, -0.05) is 41.4 Å². The summed E-state index contributed by atoms with van der Waals surface area (Å²) in [6, 6.07) is 14.5. The molecule has 2 aromatic carbocycles. The van der Waals surface area contributed by atoms with Gasteiger partial charge in [0.05, 0.1) is 11.0 Å². The van der Waals surface area contributed by atoms with Gasteiger partial charge in [-0.25, -0.2) is 4.98 Å². The number of carbonyl (C=O) groups is 2. The summed E-state index contributed by atoms with van der Waals surface area (Å²) in [5, 5.41) is 6.11. The van der Waals surface area contributed by atoms with Crippen LogP contribution in [-0.2, 0) is 16.6 Å². The van der Waals surface area contributed by atoms with E-state index < -0.39 is 11.3 Å². The third kappa shape index (κ3) is 6.35. The summed E-state index contributed by atoms with van der Waals surface area (Å²) < 4.78 is 1.87. The highest BCUT2D eigenvalue weighted by Gasteiger charge is 2.24. The van der Waals surface area contributed by atoms with Crippen molar-refractivity contribution in [2.45, 2.75) is 25.1 Å². The molecule has 6 nitrogen and oxygen atoms in total. The van der Waals surface area contributed by atoms with Crippen molar-refractivity contribution in [3.8, 4) is 0 Å². The third-order valence-corrected chi connectivity index (χ3v) is 6.17. The van der Waals surface area contributed by atoms with Gasteiger partial charge in [0.25, 0.3) is 0 Å². The maximum Gasteiger partial charge on any atom is 0.234 e. The Morgan fingerprint density at radius 3 is 2.42 bits per heavy atom. The van der Waals surface area contributed by atoms with Crippen LogP contribution in [0, 0.1) is 6.92 Å². The Morgan fingerprint density at radius 1 is 1.13 bits per heavy atom. The number of rotatable bonds is 8. The number of amides is 2. The average Bonchev–Trinajstić information content (AvgIpc) is 3.18. The normalized spacial score (nSPS) is 12.8. The fourth-order valence-corrected chi connectivity index (χ4v) is 3.80. The highest BCUT2D eigenvalue weighted by molar-refractivity contribution is 8.01. The SMILES string of the molecule is Cc1ccc(NC(=O)CS[C@@H](C)C(=O)N[C@H](c2ccc(Cl)cc2)c2nccn2C)cc1. The summed E-state index contributed by atoms with van der Waals surface area (Å²) in [7, 11) is 1.88. The average molecular weight is 457 g/mol. The molecule has 0 radical (unpaired) electrons. The van der Waals surface area contributed by atoms with Crippen LogP contribution < -0.4 is 10.6 Å². The minimum absolute atomic E-state index is 0.146. The standard InChI is InChI=1S/C23H25ClN4O2S/c1-15-4-10-19(11-5-15)26-20(29)14-31-16(2)23(30)27-21(22-25-12-13-28(22)3)17-6-8-18(24)9-7-17/h4-13,16,21H,14H2,1-3H3,(H,26,29)(H,27,30)/t16-,21+/m0/s1. The van der Waals surface area contributed by atoms with E-state index in [9.17, 15) is 9.59 Å². The van der Waals surface area contributed by atoms with Crippen molar-refractivity contribution in [3.05, 3.63) is 82.9 Å². The van der Waals surface area contributed by atoms with Gasteiger partial charge in [-0.3, -0.25) is 9.59 Å². The lowest BCUT2D eigenvalue weighted by molar-refractivity contribution is -0.120. The first-order chi connectivity index (χ1) is 14.8. The van der Waals surface area contributed by atoms with Crippen LogP contribution in [0.4, 0.5) is 5.69 Å². The van der Waals surface area contributed by atoms with Crippen molar-refractivity contribution in [2.24, 2.45) is 7.05 Å². The second-order valence-corrected chi connectivity index (χ2v) is 9.02. The largest absolute Gasteiger partial charge is 0.341 e. The molecule has 0 bridgehead atoms. The van der Waals surface area contributed by atoms with Crippen molar-refractivity contribution in [3.63, 3.8) is 0 Å². The van der Waals surface area contributed by atoms with Crippen molar-refractivity contribution in [1.82, 2.24) is 14.9 Å². The predicted octanol–water partition coefficient (Wildman–Crippen LogP) is 4.35. The van der Waals surface area contributed by atoms with E-state index in [1.165, 1.54) is 11.8 Å². The summed E-state index contributed by atoms with van der Waals surface area (Å²) in [5.74, 6) is 0.573. The van der Waals surface area contributed by atoms with Gasteiger partial charge in [0.15, 0.2) is 0 Å². The fraction of sp³-hybridized carbons (Fsp3) is 0.261. The van der Waals surface area contributed by atoms with Gasteiger partial charge in [-0.2, -0.15) is 0 Å². The molecule has 2 atom stereocenters. The molecule has 0 aliphatic carbocycles. The van der Waals surface area contributed by atoms with Crippen LogP contribution >= 0.6 is 23.4 Å². The zero-order chi connectivity index (χ0) is 22.4. The molecule has 0 fully saturated rings. The van der Waals surface area contributed by atoms with Gasteiger partial charge in [0, 0.05) is 30.2 Å². The highest BCUT2D eigenvalue weighted by Crippen LogP contribution is 2.23. The van der Waals surface area contributed by atoms with Crippen LogP contribution in [0.25, 0.3) is 0 Å². The molecule has 0 aliphatic rings. The van der Waals surface area contributed by atoms with Crippen molar-refractivity contribution >= 4 is 40.9 Å². The number of hydrogen-bond donors (Lipinski definition) is 2. The minimum Gasteiger partial charge on any atom is -0.341 e. The number of aromatic nitrogens is 2. The molecule has 0 spiro atoms. The van der Waals surface area contributed by atoms with Gasteiger partial charge in [0.1, 0.15) is 11.9 Å². The molecule has 1 aromatic heterocycles. The van der Waals surface area contributed by atoms with Crippen molar-refractivity contribution in [2.75, 3.05) is 11.1 Å². The number of imidazole rings is 1. The quantitative estimate of drug-likeness (QED) is 0.528. The number of aryl methyl sites for hydroxylation is 2. The van der Waals surface area contributed by atoms with E-state index in [1.54, 1.807) is 25.3 Å². The second-order valence-electron chi connectivity index (χ2n) is 7.26. The summed E-state index contributed by atoms with van der Waals surface area (Å²) >= 11 is 7.30. The topological polar surface area (TPSA) is 76.0 Å². The number of nitrogens with one attached hydrogen (secondary N) is 2. The Hall–Kier alpha value is -2.77. The molecule has 0 saturated carbocycles. The summed E-state index contributed by atoms with van der Waals surface area (Å²) in [6.45, 7) is 3.78. The number of anilines is 1. The summed E-state index contributed by atoms with van der Waals surface area (Å²) in [4.78, 5) is 29.5. The van der Waals surface area contributed by atoms with E-state index in [2.05, 4.69) is 15.6 Å². The maximum absolute atomic E-state index is 12.9. The lowest BCUT2D eigenvalue weighted by Crippen LogP contribution is -2.36. The number of carbonyl (C=O) groups excluding carboxylic acids is 2. The Labute approximate surface area is 191 Å². The smallest absolute Gasteiger partial charge is 0.234 e. The van der Waals surface area contributed by atoms with Crippen LogP contribution in [0.15, 0.2) is 60.9 Å². The van der Waals surface area contributed by atoms with Crippen LogP contribution in [0.3, 0.4) is 0 Å². The zero-order valence-electron chi connectivity index (χ0n) is 17.6. The Balaban J connectivity index is 1.61. The van der Waals surface area contributed by atoms with Crippen molar-refractivity contribution in [1.29, 1.82) is 0 Å². The number of benzene rings is 2. The number of thioether (sulfide) groups is 1. The maximum atomic E-state index is 12.9. The van der Waals surface area contributed by atoms with E-state index in [0.29, 0.717) is 10.8 Å². The second kappa shape index (κ2) is 10.5. The molecule has 2 N–H and O–H groups in total. The van der Waals surface area contributed by atoms with E-state index in [-0.39, 0.29) is 17.6 Å². The van der Waals surface area contributed by atoms with Gasteiger partial charge in [-0.05, 0) is 43.7 Å². The summed E-state index contributed by atoms with van der Waals surface area (Å²) in [6.07, 6.45) is 3.52. The van der Waals surface area contributed by atoms with Crippen LogP contribution in [0.5, 0.6) is 0 Å². The predicted molar refractivity (Wildman–Crippen MR) is 126 cm³/mol. The molecule has 162 valence electrons. The first-order valence-electron chi connectivity index (χ1n) is 9.84. The number of hydrogen-bond acceptors (Lipinski definition) is 4. The van der Waals surface area contributed by atoms with Crippen LogP contribution in [-0.4, -0.2) is 32.4 Å². The van der Waals surface area contributed by atoms with Gasteiger partial charge >= 0.3 is 0 Å². The van der Waals surface area contributed by atoms with E-state index in [1.807, 2.05) is 61.1 Å². The lowest BCUT2D eigenvalue weighted by Gasteiger charge is -2.21. The van der Waals surface area contributed by atoms with E-state index in [4.69, 9.17) is 11.6 Å². The Morgan fingerprint density at radius 2 is 1.81 bits per heavy atom. The molecule has 31 heavy (non-hydrogen) atoms. The molecule has 3 aromatic rings. The number of halogens is 1. The zero-order valence-corrected chi connectivity index (χ0v) is 19.2. The third-order valence-electron chi connectivity index (χ3n) is 4.78. The Bertz CT molecular complexity index is 1030. The van der Waals surface area contributed by atoms with Gasteiger partial charge < -0.3 is 15.2 Å². The van der Waals surface area contributed by atoms with Crippen LogP contribution in [0.2, 0.25) is 5.02 Å². The highest BCUT2D eigenvalue weighted by atomic mass is 35.5. The molecule has 1 heterocycles. The van der Waals surface area contributed by atoms with Crippen molar-refractivity contribution < 1.29 is 9.59 Å². The van der Waals surface area contributed by atoms with Crippen LogP contribution in [0.1, 0.15) is 29.9 Å². The van der Waals surface area contributed by atoms with E-state index >= 15 is 0 Å². The molecule has 0 unspecified atom stereocenters. The van der Waals surface area contributed by atoms with Gasteiger partial charge in [-0.15, -0.1) is 11.8 Å². The molecule has 0 aliphatic heterocycles. The first-order valence-corrected chi connectivity index (χ1v) is 11.3. The molecule has 8 heteroatoms. The molecule has 2 amide bonds. The Kier molecular flexibility index (Phi) is 7.76. The molecular formula is C23H25ClN4O2S. The molecule has 0 saturated heterocycles. The monoisotopic (exact) mass is 456 g/mol. The number of nitrogens with zero attached hydrogens (tertiary/aromatic N) is 2. The lowest BCUT2D eigenvalue weighted by atomic mass is 10.1. The fourth-order valence-electron chi connectivity index (χ4n) is 2.98. The molecule has 3 rings (SSSR count). The van der Waals surface area contributed by atoms with E-state index in [0.717, 1.165) is 16.8 Å².